The smallest absolute Gasteiger partial charge is 0.241 e. The van der Waals surface area contributed by atoms with Crippen molar-refractivity contribution in [2.24, 2.45) is 0 Å². The van der Waals surface area contributed by atoms with E-state index in [-0.39, 0.29) is 12.5 Å². The average Bonchev–Trinajstić information content (AvgIpc) is 2.95. The van der Waals surface area contributed by atoms with Gasteiger partial charge in [0, 0.05) is 12.1 Å². The molecule has 1 aliphatic carbocycles. The van der Waals surface area contributed by atoms with E-state index in [4.69, 9.17) is 0 Å². The van der Waals surface area contributed by atoms with Crippen molar-refractivity contribution in [2.45, 2.75) is 50.7 Å². The molecule has 1 aliphatic rings. The van der Waals surface area contributed by atoms with E-state index < -0.39 is 5.60 Å². The van der Waals surface area contributed by atoms with E-state index in [0.29, 0.717) is 6.54 Å². The van der Waals surface area contributed by atoms with Gasteiger partial charge in [0.25, 0.3) is 0 Å². The monoisotopic (exact) mass is 328 g/mol. The molecule has 24 heavy (non-hydrogen) atoms. The molecule has 6 heteroatoms. The minimum absolute atomic E-state index is 0.107. The third-order valence-electron chi connectivity index (χ3n) is 4.56. The maximum absolute atomic E-state index is 12.1. The zero-order valence-corrected chi connectivity index (χ0v) is 13.8. The summed E-state index contributed by atoms with van der Waals surface area (Å²) in [6.07, 6.45) is 7.65. The fraction of sp³-hybridized carbons (Fsp3) is 0.500. The van der Waals surface area contributed by atoms with E-state index in [1.54, 1.807) is 6.20 Å². The molecule has 0 bridgehead atoms. The van der Waals surface area contributed by atoms with Crippen LogP contribution >= 0.6 is 0 Å². The number of hydrogen-bond donors (Lipinski definition) is 2. The summed E-state index contributed by atoms with van der Waals surface area (Å²) in [5, 5.41) is 21.5. The fourth-order valence-corrected chi connectivity index (χ4v) is 3.15. The Morgan fingerprint density at radius 3 is 2.58 bits per heavy atom. The molecule has 0 aliphatic heterocycles. The molecule has 3 rings (SSSR count). The molecule has 0 radical (unpaired) electrons. The molecule has 1 aromatic heterocycles. The van der Waals surface area contributed by atoms with Gasteiger partial charge < -0.3 is 10.4 Å². The topological polar surface area (TPSA) is 80.0 Å². The van der Waals surface area contributed by atoms with Crippen molar-refractivity contribution in [1.29, 1.82) is 0 Å². The van der Waals surface area contributed by atoms with Crippen molar-refractivity contribution in [2.75, 3.05) is 6.54 Å². The highest BCUT2D eigenvalue weighted by atomic mass is 16.3. The lowest BCUT2D eigenvalue weighted by Crippen LogP contribution is -2.43. The molecule has 1 heterocycles. The van der Waals surface area contributed by atoms with Gasteiger partial charge in [0.05, 0.1) is 11.8 Å². The number of amides is 1. The van der Waals surface area contributed by atoms with Crippen LogP contribution in [0.4, 0.5) is 0 Å². The molecule has 0 spiro atoms. The normalized spacial score (nSPS) is 17.2. The third-order valence-corrected chi connectivity index (χ3v) is 4.56. The van der Waals surface area contributed by atoms with Crippen LogP contribution < -0.4 is 5.32 Å². The molecular formula is C18H24N4O2. The largest absolute Gasteiger partial charge is 0.388 e. The number of nitrogens with zero attached hydrogens (tertiary/aromatic N) is 3. The minimum atomic E-state index is -0.760. The molecular weight excluding hydrogens is 304 g/mol. The maximum atomic E-state index is 12.1. The van der Waals surface area contributed by atoms with Gasteiger partial charge in [-0.25, -0.2) is 4.68 Å². The Morgan fingerprint density at radius 2 is 1.88 bits per heavy atom. The van der Waals surface area contributed by atoms with E-state index in [0.717, 1.165) is 49.8 Å². The Bertz CT molecular complexity index is 661. The Hall–Kier alpha value is -2.21. The number of benzene rings is 1. The van der Waals surface area contributed by atoms with Gasteiger partial charge in [-0.3, -0.25) is 4.79 Å². The van der Waals surface area contributed by atoms with Crippen LogP contribution in [-0.4, -0.2) is 38.2 Å². The van der Waals surface area contributed by atoms with Gasteiger partial charge in [-0.1, -0.05) is 61.2 Å². The summed E-state index contributed by atoms with van der Waals surface area (Å²) in [5.74, 6) is -0.155. The van der Waals surface area contributed by atoms with Gasteiger partial charge in [-0.15, -0.1) is 5.10 Å². The van der Waals surface area contributed by atoms with Crippen LogP contribution in [0.2, 0.25) is 0 Å². The van der Waals surface area contributed by atoms with Crippen LogP contribution in [0, 0.1) is 0 Å². The first kappa shape index (κ1) is 16.6. The number of aliphatic hydroxyl groups is 1. The van der Waals surface area contributed by atoms with E-state index >= 15 is 0 Å². The van der Waals surface area contributed by atoms with Crippen molar-refractivity contribution in [3.05, 3.63) is 36.5 Å². The zero-order valence-electron chi connectivity index (χ0n) is 13.8. The molecule has 1 aromatic carbocycles. The summed E-state index contributed by atoms with van der Waals surface area (Å²) in [6.45, 7) is 0.419. The Morgan fingerprint density at radius 1 is 1.17 bits per heavy atom. The molecule has 1 saturated carbocycles. The van der Waals surface area contributed by atoms with Gasteiger partial charge >= 0.3 is 0 Å². The van der Waals surface area contributed by atoms with Crippen LogP contribution in [0.15, 0.2) is 36.5 Å². The molecule has 0 unspecified atom stereocenters. The summed E-state index contributed by atoms with van der Waals surface area (Å²) in [5.41, 5.74) is 0.951. The molecule has 1 amide bonds. The first-order chi connectivity index (χ1) is 11.6. The first-order valence-electron chi connectivity index (χ1n) is 8.59. The van der Waals surface area contributed by atoms with E-state index in [1.807, 2.05) is 30.3 Å². The number of hydrogen-bond acceptors (Lipinski definition) is 4. The second kappa shape index (κ2) is 7.57. The molecule has 0 saturated heterocycles. The van der Waals surface area contributed by atoms with Crippen molar-refractivity contribution < 1.29 is 9.90 Å². The van der Waals surface area contributed by atoms with Gasteiger partial charge in [0.1, 0.15) is 12.2 Å². The Labute approximate surface area is 141 Å². The van der Waals surface area contributed by atoms with Crippen LogP contribution in [0.1, 0.15) is 38.5 Å². The van der Waals surface area contributed by atoms with Crippen molar-refractivity contribution in [3.63, 3.8) is 0 Å². The van der Waals surface area contributed by atoms with Crippen LogP contribution in [0.5, 0.6) is 0 Å². The minimum Gasteiger partial charge on any atom is -0.388 e. The van der Waals surface area contributed by atoms with Gasteiger partial charge in [-0.05, 0) is 12.8 Å². The van der Waals surface area contributed by atoms with Crippen LogP contribution in [0.25, 0.3) is 11.3 Å². The summed E-state index contributed by atoms with van der Waals surface area (Å²) in [7, 11) is 0. The fourth-order valence-electron chi connectivity index (χ4n) is 3.15. The van der Waals surface area contributed by atoms with Crippen LogP contribution in [-0.2, 0) is 11.3 Å². The molecule has 1 fully saturated rings. The average molecular weight is 328 g/mol. The summed E-state index contributed by atoms with van der Waals surface area (Å²) < 4.78 is 1.52. The zero-order chi connectivity index (χ0) is 16.8. The quantitative estimate of drug-likeness (QED) is 0.824. The third kappa shape index (κ3) is 4.41. The van der Waals surface area contributed by atoms with Gasteiger partial charge in [-0.2, -0.15) is 0 Å². The van der Waals surface area contributed by atoms with E-state index in [1.165, 1.54) is 4.68 Å². The predicted octanol–water partition coefficient (Wildman–Crippen LogP) is 2.15. The summed E-state index contributed by atoms with van der Waals surface area (Å²) in [6, 6.07) is 9.73. The maximum Gasteiger partial charge on any atom is 0.241 e. The van der Waals surface area contributed by atoms with Crippen LogP contribution in [0.3, 0.4) is 0 Å². The van der Waals surface area contributed by atoms with Gasteiger partial charge in [0.15, 0.2) is 0 Å². The highest BCUT2D eigenvalue weighted by Crippen LogP contribution is 2.26. The molecule has 2 aromatic rings. The standard InChI is InChI=1S/C18H24N4O2/c23-17(19-14-18(24)10-6-1-2-7-11-18)13-22-12-16(20-21-22)15-8-4-3-5-9-15/h3-5,8-9,12,24H,1-2,6-7,10-11,13-14H2,(H,19,23). The van der Waals surface area contributed by atoms with Crippen molar-refractivity contribution in [1.82, 2.24) is 20.3 Å². The number of aromatic nitrogens is 3. The molecule has 0 atom stereocenters. The Balaban J connectivity index is 1.53. The van der Waals surface area contributed by atoms with E-state index in [9.17, 15) is 9.90 Å². The number of carbonyl (C=O) groups is 1. The number of carbonyl (C=O) groups excluding carboxylic acids is 1. The Kier molecular flexibility index (Phi) is 5.25. The number of nitrogens with one attached hydrogen (secondary N) is 1. The highest BCUT2D eigenvalue weighted by Gasteiger charge is 2.28. The second-order valence-electron chi connectivity index (χ2n) is 6.58. The lowest BCUT2D eigenvalue weighted by Gasteiger charge is -2.26. The SMILES string of the molecule is O=C(Cn1cc(-c2ccccc2)nn1)NCC1(O)CCCCCC1. The van der Waals surface area contributed by atoms with Gasteiger partial charge in [0.2, 0.25) is 5.91 Å². The number of rotatable bonds is 5. The predicted molar refractivity (Wildman–Crippen MR) is 91.1 cm³/mol. The molecule has 6 nitrogen and oxygen atoms in total. The second-order valence-corrected chi connectivity index (χ2v) is 6.58. The molecule has 128 valence electrons. The summed E-state index contributed by atoms with van der Waals surface area (Å²) in [4.78, 5) is 12.1. The highest BCUT2D eigenvalue weighted by molar-refractivity contribution is 5.75. The molecule has 2 N–H and O–H groups in total. The first-order valence-corrected chi connectivity index (χ1v) is 8.59. The van der Waals surface area contributed by atoms with Crippen molar-refractivity contribution in [3.8, 4) is 11.3 Å². The summed E-state index contributed by atoms with van der Waals surface area (Å²) >= 11 is 0. The van der Waals surface area contributed by atoms with Crippen molar-refractivity contribution >= 4 is 5.91 Å². The lowest BCUT2D eigenvalue weighted by atomic mass is 9.94. The van der Waals surface area contributed by atoms with E-state index in [2.05, 4.69) is 15.6 Å². The lowest BCUT2D eigenvalue weighted by molar-refractivity contribution is -0.123.